The summed E-state index contributed by atoms with van der Waals surface area (Å²) in [6, 6.07) is 16.8. The molecule has 0 spiro atoms. The van der Waals surface area contributed by atoms with E-state index in [0.29, 0.717) is 46.6 Å². The van der Waals surface area contributed by atoms with Gasteiger partial charge in [-0.2, -0.15) is 0 Å². The number of carbonyl (C=O) groups is 2. The Balaban J connectivity index is 1.62. The van der Waals surface area contributed by atoms with Gasteiger partial charge < -0.3 is 10.4 Å². The molecule has 36 heavy (non-hydrogen) atoms. The van der Waals surface area contributed by atoms with E-state index in [1.54, 1.807) is 30.3 Å². The van der Waals surface area contributed by atoms with Crippen molar-refractivity contribution in [3.05, 3.63) is 94.4 Å². The minimum Gasteiger partial charge on any atom is -0.481 e. The van der Waals surface area contributed by atoms with Crippen molar-refractivity contribution in [1.29, 1.82) is 0 Å². The van der Waals surface area contributed by atoms with Gasteiger partial charge in [-0.3, -0.25) is 9.59 Å². The first-order chi connectivity index (χ1) is 17.3. The molecule has 184 valence electrons. The first kappa shape index (κ1) is 25.3. The number of hydrogen-bond acceptors (Lipinski definition) is 4. The number of aliphatic carboxylic acids is 1. The molecule has 1 amide bonds. The molecular weight excluding hydrogens is 481 g/mol. The number of rotatable bonds is 9. The molecule has 2 aromatic heterocycles. The Morgan fingerprint density at radius 1 is 1.06 bits per heavy atom. The summed E-state index contributed by atoms with van der Waals surface area (Å²) < 4.78 is 13.5. The number of halogens is 2. The smallest absolute Gasteiger partial charge is 0.303 e. The summed E-state index contributed by atoms with van der Waals surface area (Å²) in [5.41, 5.74) is 4.08. The Labute approximate surface area is 213 Å². The zero-order valence-corrected chi connectivity index (χ0v) is 20.4. The summed E-state index contributed by atoms with van der Waals surface area (Å²) in [4.78, 5) is 32.9. The van der Waals surface area contributed by atoms with Crippen LogP contribution < -0.4 is 5.32 Å². The highest BCUT2D eigenvalue weighted by molar-refractivity contribution is 6.30. The van der Waals surface area contributed by atoms with Crippen molar-refractivity contribution in [3.63, 3.8) is 0 Å². The van der Waals surface area contributed by atoms with Gasteiger partial charge in [0.1, 0.15) is 5.82 Å². The zero-order valence-electron chi connectivity index (χ0n) is 19.7. The Morgan fingerprint density at radius 3 is 2.47 bits per heavy atom. The molecule has 0 saturated heterocycles. The molecule has 6 nitrogen and oxygen atoms in total. The van der Waals surface area contributed by atoms with Crippen LogP contribution >= 0.6 is 11.6 Å². The molecule has 0 bridgehead atoms. The van der Waals surface area contributed by atoms with Gasteiger partial charge in [-0.15, -0.1) is 0 Å². The fourth-order valence-electron chi connectivity index (χ4n) is 3.99. The number of aromatic nitrogens is 2. The maximum atomic E-state index is 13.5. The molecule has 0 radical (unpaired) electrons. The largest absolute Gasteiger partial charge is 0.481 e. The minimum atomic E-state index is -0.835. The van der Waals surface area contributed by atoms with Crippen molar-refractivity contribution in [3.8, 4) is 11.3 Å². The summed E-state index contributed by atoms with van der Waals surface area (Å²) in [6.45, 7) is 1.89. The number of aryl methyl sites for hydroxylation is 1. The molecule has 0 aliphatic rings. The molecule has 0 aliphatic carbocycles. The van der Waals surface area contributed by atoms with Crippen LogP contribution in [0.25, 0.3) is 22.3 Å². The second kappa shape index (κ2) is 11.3. The number of nitrogens with one attached hydrogen (secondary N) is 1. The molecule has 2 heterocycles. The number of carboxylic acid groups (broad SMARTS) is 1. The van der Waals surface area contributed by atoms with Crippen molar-refractivity contribution in [1.82, 2.24) is 15.3 Å². The van der Waals surface area contributed by atoms with Crippen molar-refractivity contribution >= 4 is 34.5 Å². The number of amides is 1. The van der Waals surface area contributed by atoms with Crippen LogP contribution in [0.3, 0.4) is 0 Å². The lowest BCUT2D eigenvalue weighted by atomic mass is 9.99. The van der Waals surface area contributed by atoms with Crippen LogP contribution in [0.4, 0.5) is 4.39 Å². The Bertz CT molecular complexity index is 1390. The quantitative estimate of drug-likeness (QED) is 0.257. The van der Waals surface area contributed by atoms with Crippen molar-refractivity contribution in [2.24, 2.45) is 0 Å². The Kier molecular flexibility index (Phi) is 7.90. The van der Waals surface area contributed by atoms with E-state index >= 15 is 0 Å². The summed E-state index contributed by atoms with van der Waals surface area (Å²) in [5, 5.41) is 13.2. The van der Waals surface area contributed by atoms with Crippen LogP contribution in [-0.2, 0) is 11.2 Å². The summed E-state index contributed by atoms with van der Waals surface area (Å²) in [7, 11) is 0. The first-order valence-electron chi connectivity index (χ1n) is 11.6. The lowest BCUT2D eigenvalue weighted by Gasteiger charge is -2.15. The lowest BCUT2D eigenvalue weighted by molar-refractivity contribution is -0.137. The molecule has 0 fully saturated rings. The van der Waals surface area contributed by atoms with Crippen molar-refractivity contribution in [2.75, 3.05) is 0 Å². The molecule has 2 N–H and O–H groups in total. The molecule has 8 heteroatoms. The minimum absolute atomic E-state index is 0.0879. The number of fused-ring (bicyclic) bond motifs is 1. The predicted molar refractivity (Wildman–Crippen MR) is 137 cm³/mol. The van der Waals surface area contributed by atoms with Crippen molar-refractivity contribution in [2.45, 2.75) is 38.6 Å². The van der Waals surface area contributed by atoms with E-state index in [9.17, 15) is 14.0 Å². The molecule has 2 aromatic carbocycles. The van der Waals surface area contributed by atoms with Gasteiger partial charge >= 0.3 is 5.97 Å². The molecular formula is C28H25ClFN3O3. The van der Waals surface area contributed by atoms with Gasteiger partial charge in [-0.05, 0) is 85.8 Å². The molecule has 1 unspecified atom stereocenters. The van der Waals surface area contributed by atoms with Gasteiger partial charge in [0.25, 0.3) is 5.91 Å². The third-order valence-electron chi connectivity index (χ3n) is 5.93. The van der Waals surface area contributed by atoms with Crippen molar-refractivity contribution < 1.29 is 19.1 Å². The number of nitrogens with zero attached hydrogens (tertiary/aromatic N) is 2. The first-order valence-corrected chi connectivity index (χ1v) is 12.0. The maximum Gasteiger partial charge on any atom is 0.303 e. The Morgan fingerprint density at radius 2 is 1.78 bits per heavy atom. The lowest BCUT2D eigenvalue weighted by Crippen LogP contribution is -2.26. The van der Waals surface area contributed by atoms with Crippen LogP contribution in [0.2, 0.25) is 5.02 Å². The number of unbranched alkanes of at least 4 members (excludes halogenated alkanes) is 1. The fourth-order valence-corrected chi connectivity index (χ4v) is 4.11. The highest BCUT2D eigenvalue weighted by atomic mass is 35.5. The van der Waals surface area contributed by atoms with E-state index < -0.39 is 5.97 Å². The predicted octanol–water partition coefficient (Wildman–Crippen LogP) is 6.38. The zero-order chi connectivity index (χ0) is 25.7. The third-order valence-corrected chi connectivity index (χ3v) is 6.18. The highest BCUT2D eigenvalue weighted by Gasteiger charge is 2.15. The van der Waals surface area contributed by atoms with Gasteiger partial charge in [0, 0.05) is 28.6 Å². The van der Waals surface area contributed by atoms with Gasteiger partial charge in [0.05, 0.1) is 17.3 Å². The average molecular weight is 506 g/mol. The molecule has 0 saturated carbocycles. The highest BCUT2D eigenvalue weighted by Crippen LogP contribution is 2.27. The SMILES string of the molecule is CC(NC(=O)c1cnc2nc(-c3ccc(F)cc3)c(CCCCC(=O)O)cc2c1)c1ccc(Cl)cc1. The second-order valence-electron chi connectivity index (χ2n) is 8.62. The molecule has 4 aromatic rings. The normalized spacial score (nSPS) is 11.9. The van der Waals surface area contributed by atoms with Crippen LogP contribution in [-0.4, -0.2) is 27.0 Å². The van der Waals surface area contributed by atoms with Crippen LogP contribution in [0, 0.1) is 5.82 Å². The standard InChI is InChI=1S/C28H25ClFN3O3/c1-17(18-6-10-23(29)11-7-18)32-28(36)22-15-21-14-20(4-2-3-5-25(34)35)26(33-27(21)31-16-22)19-8-12-24(30)13-9-19/h6-17H,2-5H2,1H3,(H,32,36)(H,34,35). The van der Waals surface area contributed by atoms with Crippen LogP contribution in [0.15, 0.2) is 66.9 Å². The van der Waals surface area contributed by atoms with Gasteiger partial charge in [-0.1, -0.05) is 23.7 Å². The van der Waals surface area contributed by atoms with Crippen LogP contribution in [0.5, 0.6) is 0 Å². The number of pyridine rings is 2. The molecule has 0 aliphatic heterocycles. The monoisotopic (exact) mass is 505 g/mol. The van der Waals surface area contributed by atoms with E-state index in [1.165, 1.54) is 18.3 Å². The van der Waals surface area contributed by atoms with Gasteiger partial charge in [0.15, 0.2) is 5.65 Å². The van der Waals surface area contributed by atoms with E-state index in [2.05, 4.69) is 10.3 Å². The maximum absolute atomic E-state index is 13.5. The van der Waals surface area contributed by atoms with Gasteiger partial charge in [-0.25, -0.2) is 14.4 Å². The number of benzene rings is 2. The topological polar surface area (TPSA) is 92.2 Å². The van der Waals surface area contributed by atoms with E-state index in [4.69, 9.17) is 21.7 Å². The average Bonchev–Trinajstić information content (AvgIpc) is 2.86. The number of carbonyl (C=O) groups excluding carboxylic acids is 1. The van der Waals surface area contributed by atoms with E-state index in [1.807, 2.05) is 25.1 Å². The molecule has 1 atom stereocenters. The second-order valence-corrected chi connectivity index (χ2v) is 9.06. The van der Waals surface area contributed by atoms with E-state index in [0.717, 1.165) is 16.7 Å². The number of carboxylic acids is 1. The summed E-state index contributed by atoms with van der Waals surface area (Å²) >= 11 is 5.95. The van der Waals surface area contributed by atoms with Crippen LogP contribution in [0.1, 0.15) is 53.7 Å². The third kappa shape index (κ3) is 6.23. The van der Waals surface area contributed by atoms with E-state index in [-0.39, 0.29) is 24.2 Å². The Hall–Kier alpha value is -3.84. The fraction of sp³-hybridized carbons (Fsp3) is 0.214. The van der Waals surface area contributed by atoms with Gasteiger partial charge in [0.2, 0.25) is 0 Å². The molecule has 4 rings (SSSR count). The summed E-state index contributed by atoms with van der Waals surface area (Å²) in [6.07, 6.45) is 3.34. The number of hydrogen-bond donors (Lipinski definition) is 2. The summed E-state index contributed by atoms with van der Waals surface area (Å²) in [5.74, 6) is -1.44.